The quantitative estimate of drug-likeness (QED) is 0.788. The normalized spacial score (nSPS) is 23.8. The molecule has 0 aliphatic heterocycles. The zero-order valence-corrected chi connectivity index (χ0v) is 11.8. The highest BCUT2D eigenvalue weighted by atomic mass is 16.2. The molecule has 18 heavy (non-hydrogen) atoms. The van der Waals surface area contributed by atoms with Crippen molar-refractivity contribution in [2.24, 2.45) is 5.41 Å². The summed E-state index contributed by atoms with van der Waals surface area (Å²) in [5.41, 5.74) is 0.393. The van der Waals surface area contributed by atoms with E-state index in [9.17, 15) is 4.79 Å². The van der Waals surface area contributed by atoms with Crippen molar-refractivity contribution >= 4 is 6.03 Å². The van der Waals surface area contributed by atoms with E-state index in [2.05, 4.69) is 17.6 Å². The summed E-state index contributed by atoms with van der Waals surface area (Å²) in [6, 6.07) is 0.474. The summed E-state index contributed by atoms with van der Waals surface area (Å²) >= 11 is 0. The van der Waals surface area contributed by atoms with Gasteiger partial charge in [-0.1, -0.05) is 39.0 Å². The fourth-order valence-electron chi connectivity index (χ4n) is 3.53. The van der Waals surface area contributed by atoms with Crippen LogP contribution in [0.3, 0.4) is 0 Å². The minimum Gasteiger partial charge on any atom is -0.338 e. The molecule has 2 aliphatic carbocycles. The van der Waals surface area contributed by atoms with E-state index in [0.717, 1.165) is 19.4 Å². The first-order chi connectivity index (χ1) is 8.74. The second-order valence-electron chi connectivity index (χ2n) is 6.22. The van der Waals surface area contributed by atoms with Gasteiger partial charge >= 0.3 is 6.03 Å². The van der Waals surface area contributed by atoms with Crippen LogP contribution in [0.4, 0.5) is 4.79 Å². The number of amides is 2. The van der Waals surface area contributed by atoms with E-state index in [4.69, 9.17) is 0 Å². The van der Waals surface area contributed by atoms with Crippen molar-refractivity contribution in [1.29, 1.82) is 0 Å². The molecule has 2 saturated carbocycles. The Hall–Kier alpha value is -0.730. The molecule has 2 fully saturated rings. The van der Waals surface area contributed by atoms with Crippen molar-refractivity contribution in [3.63, 3.8) is 0 Å². The predicted octanol–water partition coefficient (Wildman–Crippen LogP) is 3.59. The minimum absolute atomic E-state index is 0.0571. The van der Waals surface area contributed by atoms with Gasteiger partial charge in [0.15, 0.2) is 0 Å². The maximum Gasteiger partial charge on any atom is 0.315 e. The molecule has 2 rings (SSSR count). The first-order valence-corrected chi connectivity index (χ1v) is 7.78. The summed E-state index contributed by atoms with van der Waals surface area (Å²) in [5, 5.41) is 6.25. The maximum atomic E-state index is 11.9. The average Bonchev–Trinajstić information content (AvgIpc) is 2.87. The van der Waals surface area contributed by atoms with Gasteiger partial charge in [-0.05, 0) is 37.5 Å². The summed E-state index contributed by atoms with van der Waals surface area (Å²) in [4.78, 5) is 11.9. The van der Waals surface area contributed by atoms with Crippen LogP contribution in [0.1, 0.15) is 71.1 Å². The number of hydrogen-bond donors (Lipinski definition) is 2. The summed E-state index contributed by atoms with van der Waals surface area (Å²) < 4.78 is 0. The van der Waals surface area contributed by atoms with Crippen molar-refractivity contribution in [2.75, 3.05) is 6.54 Å². The Bertz CT molecular complexity index is 266. The molecule has 0 aromatic carbocycles. The third kappa shape index (κ3) is 3.63. The summed E-state index contributed by atoms with van der Waals surface area (Å²) in [5.74, 6) is 0. The van der Waals surface area contributed by atoms with E-state index >= 15 is 0 Å². The lowest BCUT2D eigenvalue weighted by Crippen LogP contribution is -2.46. The Morgan fingerprint density at radius 1 is 1.11 bits per heavy atom. The molecule has 2 N–H and O–H groups in total. The second kappa shape index (κ2) is 6.44. The molecular weight excluding hydrogens is 224 g/mol. The molecule has 0 radical (unpaired) electrons. The first-order valence-electron chi connectivity index (χ1n) is 7.78. The molecule has 104 valence electrons. The van der Waals surface area contributed by atoms with Crippen LogP contribution in [-0.2, 0) is 0 Å². The Labute approximate surface area is 111 Å². The molecule has 2 aliphatic rings. The van der Waals surface area contributed by atoms with Crippen LogP contribution in [0.15, 0.2) is 0 Å². The van der Waals surface area contributed by atoms with Crippen molar-refractivity contribution < 1.29 is 4.79 Å². The van der Waals surface area contributed by atoms with Crippen molar-refractivity contribution in [3.8, 4) is 0 Å². The molecule has 0 unspecified atom stereocenters. The Morgan fingerprint density at radius 3 is 2.39 bits per heavy atom. The van der Waals surface area contributed by atoms with Gasteiger partial charge < -0.3 is 10.6 Å². The van der Waals surface area contributed by atoms with E-state index < -0.39 is 0 Å². The lowest BCUT2D eigenvalue weighted by Gasteiger charge is -2.29. The molecule has 0 saturated heterocycles. The lowest BCUT2D eigenvalue weighted by atomic mass is 9.83. The zero-order chi connectivity index (χ0) is 12.8. The molecule has 3 nitrogen and oxygen atoms in total. The van der Waals surface area contributed by atoms with Gasteiger partial charge in [-0.15, -0.1) is 0 Å². The van der Waals surface area contributed by atoms with Gasteiger partial charge in [0.2, 0.25) is 0 Å². The number of urea groups is 1. The van der Waals surface area contributed by atoms with Gasteiger partial charge in [0.1, 0.15) is 0 Å². The van der Waals surface area contributed by atoms with Gasteiger partial charge in [-0.25, -0.2) is 4.79 Å². The molecule has 0 atom stereocenters. The van der Waals surface area contributed by atoms with Crippen LogP contribution < -0.4 is 10.6 Å². The van der Waals surface area contributed by atoms with Crippen LogP contribution in [0, 0.1) is 5.41 Å². The van der Waals surface area contributed by atoms with Crippen molar-refractivity contribution in [2.45, 2.75) is 77.2 Å². The predicted molar refractivity (Wildman–Crippen MR) is 74.6 cm³/mol. The van der Waals surface area contributed by atoms with Crippen LogP contribution in [0.2, 0.25) is 0 Å². The molecular formula is C15H28N2O. The molecule has 2 amide bonds. The fraction of sp³-hybridized carbons (Fsp3) is 0.933. The third-order valence-electron chi connectivity index (χ3n) is 4.98. The molecule has 3 heteroatoms. The standard InChI is InChI=1S/C15H28N2O/c1-2-15(10-6-7-11-15)12-16-14(18)17-13-8-4-3-5-9-13/h13H,2-12H2,1H3,(H2,16,17,18). The number of hydrogen-bond acceptors (Lipinski definition) is 1. The number of carbonyl (C=O) groups excluding carboxylic acids is 1. The summed E-state index contributed by atoms with van der Waals surface area (Å²) in [6.45, 7) is 3.12. The Morgan fingerprint density at radius 2 is 1.78 bits per heavy atom. The van der Waals surface area contributed by atoms with Gasteiger partial charge in [-0.3, -0.25) is 0 Å². The number of rotatable bonds is 4. The van der Waals surface area contributed by atoms with Crippen LogP contribution in [-0.4, -0.2) is 18.6 Å². The van der Waals surface area contributed by atoms with Gasteiger partial charge in [-0.2, -0.15) is 0 Å². The van der Waals surface area contributed by atoms with Crippen LogP contribution in [0.25, 0.3) is 0 Å². The van der Waals surface area contributed by atoms with Crippen LogP contribution in [0.5, 0.6) is 0 Å². The highest BCUT2D eigenvalue weighted by Crippen LogP contribution is 2.40. The highest BCUT2D eigenvalue weighted by molar-refractivity contribution is 5.74. The molecule has 0 heterocycles. The zero-order valence-electron chi connectivity index (χ0n) is 11.8. The van der Waals surface area contributed by atoms with Gasteiger partial charge in [0.05, 0.1) is 0 Å². The highest BCUT2D eigenvalue weighted by Gasteiger charge is 2.32. The monoisotopic (exact) mass is 252 g/mol. The molecule has 0 aromatic rings. The van der Waals surface area contributed by atoms with Gasteiger partial charge in [0, 0.05) is 12.6 Å². The second-order valence-corrected chi connectivity index (χ2v) is 6.22. The number of carbonyl (C=O) groups is 1. The SMILES string of the molecule is CCC1(CNC(=O)NC2CCCCC2)CCCC1. The maximum absolute atomic E-state index is 11.9. The molecule has 0 bridgehead atoms. The Balaban J connectivity index is 1.70. The molecule has 0 spiro atoms. The van der Waals surface area contributed by atoms with E-state index in [-0.39, 0.29) is 6.03 Å². The van der Waals surface area contributed by atoms with Crippen molar-refractivity contribution in [1.82, 2.24) is 10.6 Å². The minimum atomic E-state index is 0.0571. The van der Waals surface area contributed by atoms with Gasteiger partial charge in [0.25, 0.3) is 0 Å². The molecule has 0 aromatic heterocycles. The van der Waals surface area contributed by atoms with E-state index in [1.807, 2.05) is 0 Å². The van der Waals surface area contributed by atoms with E-state index in [1.165, 1.54) is 51.4 Å². The Kier molecular flexibility index (Phi) is 4.90. The van der Waals surface area contributed by atoms with Crippen LogP contribution >= 0.6 is 0 Å². The lowest BCUT2D eigenvalue weighted by molar-refractivity contribution is 0.218. The summed E-state index contributed by atoms with van der Waals surface area (Å²) in [7, 11) is 0. The smallest absolute Gasteiger partial charge is 0.315 e. The topological polar surface area (TPSA) is 41.1 Å². The third-order valence-corrected chi connectivity index (χ3v) is 4.98. The average molecular weight is 252 g/mol. The van der Waals surface area contributed by atoms with Crippen molar-refractivity contribution in [3.05, 3.63) is 0 Å². The number of nitrogens with one attached hydrogen (secondary N) is 2. The largest absolute Gasteiger partial charge is 0.338 e. The van der Waals surface area contributed by atoms with E-state index in [0.29, 0.717) is 11.5 Å². The van der Waals surface area contributed by atoms with E-state index in [1.54, 1.807) is 0 Å². The first kappa shape index (κ1) is 13.7. The summed E-state index contributed by atoms with van der Waals surface area (Å²) in [6.07, 6.45) is 12.6. The fourth-order valence-corrected chi connectivity index (χ4v) is 3.53.